The Hall–Kier alpha value is -0.880. The van der Waals surface area contributed by atoms with E-state index >= 15 is 0 Å². The minimum absolute atomic E-state index is 0.0318. The summed E-state index contributed by atoms with van der Waals surface area (Å²) in [5.74, 6) is 0. The van der Waals surface area contributed by atoms with E-state index < -0.39 is 62.6 Å². The van der Waals surface area contributed by atoms with Gasteiger partial charge in [-0.2, -0.15) is 52.7 Å². The van der Waals surface area contributed by atoms with E-state index in [1.807, 2.05) is 0 Å². The van der Waals surface area contributed by atoms with E-state index in [0.29, 0.717) is 51.4 Å². The molecule has 13 heteroatoms. The van der Waals surface area contributed by atoms with Crippen molar-refractivity contribution in [2.24, 2.45) is 0 Å². The monoisotopic (exact) mass is 570 g/mol. The molecule has 0 aliphatic heterocycles. The molecule has 1 nitrogen and oxygen atoms in total. The Morgan fingerprint density at radius 1 is 0.351 bits per heavy atom. The van der Waals surface area contributed by atoms with Crippen molar-refractivity contribution in [3.8, 4) is 0 Å². The summed E-state index contributed by atoms with van der Waals surface area (Å²) in [6, 6.07) is 0. The molecule has 0 saturated carbocycles. The molecule has 0 aromatic heterocycles. The summed E-state index contributed by atoms with van der Waals surface area (Å²) < 4.78 is 156. The number of unbranched alkanes of at least 4 members (excludes halogenated alkanes) is 10. The molecule has 0 amide bonds. The van der Waals surface area contributed by atoms with Gasteiger partial charge >= 0.3 is 24.7 Å². The van der Waals surface area contributed by atoms with E-state index in [1.165, 1.54) is 0 Å². The largest absolute Gasteiger partial charge is 0.391 e. The van der Waals surface area contributed by atoms with Gasteiger partial charge in [0.05, 0.1) is 25.0 Å². The lowest BCUT2D eigenvalue weighted by atomic mass is 10.0. The Morgan fingerprint density at radius 2 is 0.622 bits per heavy atom. The Morgan fingerprint density at radius 3 is 0.892 bits per heavy atom. The molecule has 0 radical (unpaired) electrons. The van der Waals surface area contributed by atoms with E-state index in [1.54, 1.807) is 0 Å². The highest BCUT2D eigenvalue weighted by atomic mass is 19.4. The van der Waals surface area contributed by atoms with Crippen LogP contribution in [0.15, 0.2) is 0 Å². The van der Waals surface area contributed by atoms with E-state index in [-0.39, 0.29) is 38.5 Å². The highest BCUT2D eigenvalue weighted by Crippen LogP contribution is 2.31. The molecule has 0 saturated heterocycles. The molecule has 0 aromatic rings. The summed E-state index contributed by atoms with van der Waals surface area (Å²) in [6.45, 7) is 0. The Labute approximate surface area is 210 Å². The predicted molar refractivity (Wildman–Crippen MR) is 116 cm³/mol. The highest BCUT2D eigenvalue weighted by Gasteiger charge is 2.37. The van der Waals surface area contributed by atoms with Crippen molar-refractivity contribution in [3.05, 3.63) is 0 Å². The number of hydrogen-bond acceptors (Lipinski definition) is 1. The quantitative estimate of drug-likeness (QED) is 0.105. The van der Waals surface area contributed by atoms with Gasteiger partial charge in [0.1, 0.15) is 0 Å². The summed E-state index contributed by atoms with van der Waals surface area (Å²) in [5, 5.41) is 0. The van der Waals surface area contributed by atoms with Crippen LogP contribution in [-0.2, 0) is 4.74 Å². The fourth-order valence-electron chi connectivity index (χ4n) is 4.03. The second-order valence-electron chi connectivity index (χ2n) is 9.57. The van der Waals surface area contributed by atoms with Crippen molar-refractivity contribution in [2.45, 2.75) is 152 Å². The van der Waals surface area contributed by atoms with Crippen LogP contribution in [0, 0.1) is 0 Å². The molecule has 0 N–H and O–H groups in total. The Bertz CT molecular complexity index is 504. The average molecular weight is 571 g/mol. The van der Waals surface area contributed by atoms with Gasteiger partial charge in [-0.3, -0.25) is 0 Å². The number of halogens is 12. The first-order valence-electron chi connectivity index (χ1n) is 12.8. The third-order valence-electron chi connectivity index (χ3n) is 5.78. The lowest BCUT2D eigenvalue weighted by Crippen LogP contribution is -2.30. The third kappa shape index (κ3) is 28.0. The molecular formula is C24H38F12O. The van der Waals surface area contributed by atoms with Crippen LogP contribution in [0.2, 0.25) is 0 Å². The molecular weight excluding hydrogens is 532 g/mol. The molecule has 0 fully saturated rings. The van der Waals surface area contributed by atoms with Gasteiger partial charge in [-0.05, 0) is 25.7 Å². The fourth-order valence-corrected chi connectivity index (χ4v) is 4.03. The molecule has 0 aliphatic rings. The minimum Gasteiger partial charge on any atom is -0.374 e. The molecule has 2 atom stereocenters. The topological polar surface area (TPSA) is 9.23 Å². The normalized spacial score (nSPS) is 15.2. The van der Waals surface area contributed by atoms with Crippen LogP contribution < -0.4 is 0 Å². The third-order valence-corrected chi connectivity index (χ3v) is 5.78. The van der Waals surface area contributed by atoms with Crippen LogP contribution in [-0.4, -0.2) is 36.9 Å². The molecule has 0 bridgehead atoms. The SMILES string of the molecule is FC(F)(F)CCCCCCCCC(CC(F)(F)F)OC(CCCCCCCCC(F)(F)F)CC(F)(F)F. The number of rotatable bonds is 20. The first-order chi connectivity index (χ1) is 16.9. The van der Waals surface area contributed by atoms with Crippen LogP contribution in [0.3, 0.4) is 0 Å². The predicted octanol–water partition coefficient (Wildman–Crippen LogP) is 11.0. The zero-order chi connectivity index (χ0) is 28.6. The molecule has 0 aromatic carbocycles. The number of alkyl halides is 12. The maximum atomic E-state index is 13.0. The van der Waals surface area contributed by atoms with Crippen LogP contribution in [0.5, 0.6) is 0 Å². The van der Waals surface area contributed by atoms with Crippen molar-refractivity contribution < 1.29 is 57.4 Å². The lowest BCUT2D eigenvalue weighted by Gasteiger charge is -2.27. The molecule has 0 aliphatic carbocycles. The van der Waals surface area contributed by atoms with Gasteiger partial charge in [0.2, 0.25) is 0 Å². The average Bonchev–Trinajstić information content (AvgIpc) is 2.67. The van der Waals surface area contributed by atoms with Crippen LogP contribution in [0.25, 0.3) is 0 Å². The van der Waals surface area contributed by atoms with Gasteiger partial charge < -0.3 is 4.74 Å². The fraction of sp³-hybridized carbons (Fsp3) is 1.00. The zero-order valence-corrected chi connectivity index (χ0v) is 20.8. The second kappa shape index (κ2) is 17.7. The second-order valence-corrected chi connectivity index (χ2v) is 9.57. The highest BCUT2D eigenvalue weighted by molar-refractivity contribution is 4.71. The summed E-state index contributed by atoms with van der Waals surface area (Å²) >= 11 is 0. The maximum absolute atomic E-state index is 13.0. The molecule has 224 valence electrons. The molecule has 0 rings (SSSR count). The lowest BCUT2D eigenvalue weighted by molar-refractivity contribution is -0.192. The van der Waals surface area contributed by atoms with Gasteiger partial charge in [-0.15, -0.1) is 0 Å². The van der Waals surface area contributed by atoms with Crippen molar-refractivity contribution in [2.75, 3.05) is 0 Å². The minimum atomic E-state index is -4.64. The molecule has 0 heterocycles. The summed E-state index contributed by atoms with van der Waals surface area (Å²) in [7, 11) is 0. The first-order valence-corrected chi connectivity index (χ1v) is 12.8. The molecule has 2 unspecified atom stereocenters. The first kappa shape index (κ1) is 36.1. The van der Waals surface area contributed by atoms with Crippen molar-refractivity contribution in [1.82, 2.24) is 0 Å². The van der Waals surface area contributed by atoms with Crippen LogP contribution in [0.1, 0.15) is 116 Å². The Kier molecular flexibility index (Phi) is 17.2. The maximum Gasteiger partial charge on any atom is 0.391 e. The molecule has 0 spiro atoms. The van der Waals surface area contributed by atoms with Gasteiger partial charge in [-0.25, -0.2) is 0 Å². The van der Waals surface area contributed by atoms with E-state index in [2.05, 4.69) is 0 Å². The van der Waals surface area contributed by atoms with Crippen molar-refractivity contribution in [3.63, 3.8) is 0 Å². The summed E-state index contributed by atoms with van der Waals surface area (Å²) in [6.07, 6.45) is -21.5. The van der Waals surface area contributed by atoms with Crippen LogP contribution >= 0.6 is 0 Å². The smallest absolute Gasteiger partial charge is 0.374 e. The van der Waals surface area contributed by atoms with E-state index in [4.69, 9.17) is 4.74 Å². The molecule has 37 heavy (non-hydrogen) atoms. The Balaban J connectivity index is 4.52. The summed E-state index contributed by atoms with van der Waals surface area (Å²) in [4.78, 5) is 0. The van der Waals surface area contributed by atoms with Gasteiger partial charge in [0.25, 0.3) is 0 Å². The van der Waals surface area contributed by atoms with Gasteiger partial charge in [0.15, 0.2) is 0 Å². The number of hydrogen-bond donors (Lipinski definition) is 0. The van der Waals surface area contributed by atoms with Gasteiger partial charge in [-0.1, -0.05) is 64.2 Å². The van der Waals surface area contributed by atoms with Gasteiger partial charge in [0, 0.05) is 12.8 Å². The zero-order valence-electron chi connectivity index (χ0n) is 20.8. The van der Waals surface area contributed by atoms with E-state index in [0.717, 1.165) is 0 Å². The standard InChI is InChI=1S/C24H38F12O/c25-21(26,27)15-11-7-3-1-5-9-13-19(17-23(31,32)33)37-20(18-24(34,35)36)14-10-6-2-4-8-12-16-22(28,29)30/h19-20H,1-18H2. The van der Waals surface area contributed by atoms with Crippen molar-refractivity contribution >= 4 is 0 Å². The van der Waals surface area contributed by atoms with Crippen molar-refractivity contribution in [1.29, 1.82) is 0 Å². The van der Waals surface area contributed by atoms with Crippen LogP contribution in [0.4, 0.5) is 52.7 Å². The van der Waals surface area contributed by atoms with E-state index in [9.17, 15) is 52.7 Å². The number of ether oxygens (including phenoxy) is 1. The summed E-state index contributed by atoms with van der Waals surface area (Å²) in [5.41, 5.74) is 0.